The van der Waals surface area contributed by atoms with Crippen molar-refractivity contribution in [1.29, 1.82) is 0 Å². The maximum Gasteiger partial charge on any atom is 0.331 e. The van der Waals surface area contributed by atoms with E-state index in [1.165, 1.54) is 19.4 Å². The second kappa shape index (κ2) is 6.31. The molecule has 0 radical (unpaired) electrons. The average molecular weight is 281 g/mol. The van der Waals surface area contributed by atoms with Crippen LogP contribution in [0.1, 0.15) is 32.3 Å². The van der Waals surface area contributed by atoms with Crippen LogP contribution in [0.15, 0.2) is 12.3 Å². The summed E-state index contributed by atoms with van der Waals surface area (Å²) in [5.74, 6) is -0.145. The molecule has 7 heteroatoms. The van der Waals surface area contributed by atoms with Crippen LogP contribution in [0.2, 0.25) is 0 Å². The number of hydrogen-bond acceptors (Lipinski definition) is 6. The fourth-order valence-corrected chi connectivity index (χ4v) is 2.00. The molecular weight excluding hydrogens is 262 g/mol. The van der Waals surface area contributed by atoms with Crippen molar-refractivity contribution in [1.82, 2.24) is 4.98 Å². The van der Waals surface area contributed by atoms with E-state index in [0.29, 0.717) is 12.0 Å². The Balaban J connectivity index is 3.09. The number of methoxy groups -OCH3 is 1. The number of pyridine rings is 1. The molecule has 0 spiro atoms. The number of carbonyl (C=O) groups excluding carboxylic acids is 1. The maximum atomic E-state index is 11.9. The van der Waals surface area contributed by atoms with Crippen molar-refractivity contribution in [2.75, 3.05) is 12.4 Å². The summed E-state index contributed by atoms with van der Waals surface area (Å²) in [6.45, 7) is 5.24. The van der Waals surface area contributed by atoms with Gasteiger partial charge in [0.05, 0.1) is 18.1 Å². The van der Waals surface area contributed by atoms with Gasteiger partial charge in [-0.3, -0.25) is 10.1 Å². The molecule has 7 nitrogen and oxygen atoms in total. The van der Waals surface area contributed by atoms with E-state index in [1.807, 2.05) is 6.92 Å². The van der Waals surface area contributed by atoms with Gasteiger partial charge in [0.25, 0.3) is 5.69 Å². The first-order valence-electron chi connectivity index (χ1n) is 6.31. The molecule has 0 bridgehead atoms. The molecule has 0 saturated heterocycles. The van der Waals surface area contributed by atoms with Gasteiger partial charge in [-0.1, -0.05) is 13.3 Å². The highest BCUT2D eigenvalue weighted by molar-refractivity contribution is 5.83. The van der Waals surface area contributed by atoms with Gasteiger partial charge < -0.3 is 10.1 Å². The smallest absolute Gasteiger partial charge is 0.331 e. The maximum absolute atomic E-state index is 11.9. The number of aromatic nitrogens is 1. The van der Waals surface area contributed by atoms with Crippen LogP contribution in [0.5, 0.6) is 0 Å². The highest BCUT2D eigenvalue weighted by Crippen LogP contribution is 2.25. The summed E-state index contributed by atoms with van der Waals surface area (Å²) in [7, 11) is 1.31. The second-order valence-corrected chi connectivity index (χ2v) is 4.81. The SMILES string of the molecule is CCCC(C)(Nc1cc([N+](=O)[O-])c(C)cn1)C(=O)OC. The molecule has 0 aliphatic heterocycles. The normalized spacial score (nSPS) is 13.4. The molecule has 1 heterocycles. The summed E-state index contributed by atoms with van der Waals surface area (Å²) >= 11 is 0. The van der Waals surface area contributed by atoms with E-state index < -0.39 is 16.4 Å². The van der Waals surface area contributed by atoms with Crippen molar-refractivity contribution >= 4 is 17.5 Å². The molecule has 0 saturated carbocycles. The molecule has 0 aliphatic rings. The molecule has 1 rings (SSSR count). The first kappa shape index (κ1) is 15.9. The van der Waals surface area contributed by atoms with Crippen LogP contribution < -0.4 is 5.32 Å². The number of ether oxygens (including phenoxy) is 1. The van der Waals surface area contributed by atoms with E-state index >= 15 is 0 Å². The van der Waals surface area contributed by atoms with Crippen molar-refractivity contribution in [2.24, 2.45) is 0 Å². The Morgan fingerprint density at radius 2 is 2.25 bits per heavy atom. The summed E-state index contributed by atoms with van der Waals surface area (Å²) in [6, 6.07) is 1.33. The number of carbonyl (C=O) groups is 1. The lowest BCUT2D eigenvalue weighted by atomic mass is 9.96. The number of rotatable bonds is 6. The van der Waals surface area contributed by atoms with Crippen molar-refractivity contribution in [3.8, 4) is 0 Å². The van der Waals surface area contributed by atoms with Crippen LogP contribution >= 0.6 is 0 Å². The number of aryl methyl sites for hydroxylation is 1. The molecular formula is C13H19N3O4. The molecule has 20 heavy (non-hydrogen) atoms. The highest BCUT2D eigenvalue weighted by atomic mass is 16.6. The molecule has 1 aromatic rings. The van der Waals surface area contributed by atoms with Crippen molar-refractivity contribution in [3.63, 3.8) is 0 Å². The minimum Gasteiger partial charge on any atom is -0.467 e. The molecule has 1 aromatic heterocycles. The lowest BCUT2D eigenvalue weighted by Gasteiger charge is -2.28. The summed E-state index contributed by atoms with van der Waals surface area (Å²) in [5, 5.41) is 13.9. The second-order valence-electron chi connectivity index (χ2n) is 4.81. The van der Waals surface area contributed by atoms with E-state index in [-0.39, 0.29) is 11.5 Å². The molecule has 1 atom stereocenters. The minimum absolute atomic E-state index is 0.0359. The summed E-state index contributed by atoms with van der Waals surface area (Å²) in [6.07, 6.45) is 2.69. The summed E-state index contributed by atoms with van der Waals surface area (Å²) in [5.41, 5.74) is -0.526. The standard InChI is InChI=1S/C13H19N3O4/c1-5-6-13(3,12(17)20-4)15-11-7-10(16(18)19)9(2)8-14-11/h7-8H,5-6H2,1-4H3,(H,14,15). The van der Waals surface area contributed by atoms with Gasteiger partial charge in [0.1, 0.15) is 11.4 Å². The lowest BCUT2D eigenvalue weighted by molar-refractivity contribution is -0.385. The molecule has 110 valence electrons. The van der Waals surface area contributed by atoms with E-state index in [1.54, 1.807) is 13.8 Å². The topological polar surface area (TPSA) is 94.4 Å². The molecule has 0 amide bonds. The van der Waals surface area contributed by atoms with Crippen LogP contribution in [0, 0.1) is 17.0 Å². The number of nitrogens with zero attached hydrogens (tertiary/aromatic N) is 2. The Hall–Kier alpha value is -2.18. The Kier molecular flexibility index (Phi) is 5.01. The van der Waals surface area contributed by atoms with Gasteiger partial charge >= 0.3 is 5.97 Å². The zero-order chi connectivity index (χ0) is 15.3. The van der Waals surface area contributed by atoms with Gasteiger partial charge in [-0.05, 0) is 20.3 Å². The van der Waals surface area contributed by atoms with Crippen LogP contribution in [0.3, 0.4) is 0 Å². The number of esters is 1. The van der Waals surface area contributed by atoms with Gasteiger partial charge in [-0.15, -0.1) is 0 Å². The van der Waals surface area contributed by atoms with Gasteiger partial charge in [-0.2, -0.15) is 0 Å². The molecule has 1 unspecified atom stereocenters. The third-order valence-electron chi connectivity index (χ3n) is 3.06. The minimum atomic E-state index is -0.959. The third-order valence-corrected chi connectivity index (χ3v) is 3.06. The number of anilines is 1. The average Bonchev–Trinajstić information content (AvgIpc) is 2.40. The fraction of sp³-hybridized carbons (Fsp3) is 0.538. The van der Waals surface area contributed by atoms with Gasteiger partial charge in [0.15, 0.2) is 0 Å². The number of nitrogens with one attached hydrogen (secondary N) is 1. The van der Waals surface area contributed by atoms with Crippen molar-refractivity contribution in [3.05, 3.63) is 27.9 Å². The van der Waals surface area contributed by atoms with Gasteiger partial charge in [0.2, 0.25) is 0 Å². The Bertz CT molecular complexity index is 518. The Morgan fingerprint density at radius 1 is 1.60 bits per heavy atom. The van der Waals surface area contributed by atoms with Crippen LogP contribution in [-0.2, 0) is 9.53 Å². The first-order chi connectivity index (χ1) is 9.34. The van der Waals surface area contributed by atoms with E-state index in [9.17, 15) is 14.9 Å². The zero-order valence-corrected chi connectivity index (χ0v) is 12.1. The van der Waals surface area contributed by atoms with Crippen LogP contribution in [0.25, 0.3) is 0 Å². The van der Waals surface area contributed by atoms with Crippen LogP contribution in [-0.4, -0.2) is 28.5 Å². The summed E-state index contributed by atoms with van der Waals surface area (Å²) in [4.78, 5) is 26.4. The van der Waals surface area contributed by atoms with E-state index in [2.05, 4.69) is 10.3 Å². The van der Waals surface area contributed by atoms with Crippen molar-refractivity contribution < 1.29 is 14.5 Å². The summed E-state index contributed by atoms with van der Waals surface area (Å²) < 4.78 is 4.78. The Morgan fingerprint density at radius 3 is 2.75 bits per heavy atom. The zero-order valence-electron chi connectivity index (χ0n) is 12.1. The predicted molar refractivity (Wildman–Crippen MR) is 74.6 cm³/mol. The molecule has 0 aliphatic carbocycles. The highest BCUT2D eigenvalue weighted by Gasteiger charge is 2.34. The quantitative estimate of drug-likeness (QED) is 0.489. The Labute approximate surface area is 117 Å². The number of nitro groups is 1. The lowest BCUT2D eigenvalue weighted by Crippen LogP contribution is -2.44. The van der Waals surface area contributed by atoms with Crippen molar-refractivity contribution in [2.45, 2.75) is 39.2 Å². The third kappa shape index (κ3) is 3.43. The van der Waals surface area contributed by atoms with Crippen LogP contribution in [0.4, 0.5) is 11.5 Å². The van der Waals surface area contributed by atoms with E-state index in [0.717, 1.165) is 6.42 Å². The van der Waals surface area contributed by atoms with Gasteiger partial charge in [-0.25, -0.2) is 9.78 Å². The number of hydrogen-bond donors (Lipinski definition) is 1. The fourth-order valence-electron chi connectivity index (χ4n) is 2.00. The first-order valence-corrected chi connectivity index (χ1v) is 6.31. The van der Waals surface area contributed by atoms with E-state index in [4.69, 9.17) is 4.74 Å². The molecule has 0 aromatic carbocycles. The monoisotopic (exact) mass is 281 g/mol. The largest absolute Gasteiger partial charge is 0.467 e. The molecule has 0 fully saturated rings. The predicted octanol–water partition coefficient (Wildman–Crippen LogP) is 2.44. The molecule has 1 N–H and O–H groups in total. The van der Waals surface area contributed by atoms with Gasteiger partial charge in [0, 0.05) is 11.8 Å².